The Bertz CT molecular complexity index is 608. The van der Waals surface area contributed by atoms with Crippen molar-refractivity contribution in [3.8, 4) is 0 Å². The monoisotopic (exact) mass is 312 g/mol. The molecule has 5 nitrogen and oxygen atoms in total. The molecule has 21 heavy (non-hydrogen) atoms. The van der Waals surface area contributed by atoms with Crippen LogP contribution in [0.25, 0.3) is 0 Å². The van der Waals surface area contributed by atoms with Gasteiger partial charge in [-0.15, -0.1) is 0 Å². The van der Waals surface area contributed by atoms with Gasteiger partial charge in [-0.2, -0.15) is 0 Å². The first-order valence-electron chi connectivity index (χ1n) is 7.23. The van der Waals surface area contributed by atoms with Crippen molar-refractivity contribution in [3.63, 3.8) is 0 Å². The maximum absolute atomic E-state index is 12.8. The number of hydrogen-bond donors (Lipinski definition) is 1. The largest absolute Gasteiger partial charge is 0.399 e. The Kier molecular flexibility index (Phi) is 4.91. The Morgan fingerprint density at radius 1 is 1.38 bits per heavy atom. The average molecular weight is 312 g/mol. The van der Waals surface area contributed by atoms with Gasteiger partial charge >= 0.3 is 0 Å². The van der Waals surface area contributed by atoms with Crippen LogP contribution >= 0.6 is 0 Å². The molecule has 1 saturated heterocycles. The quantitative estimate of drug-likeness (QED) is 0.862. The van der Waals surface area contributed by atoms with Gasteiger partial charge in [0.2, 0.25) is 10.0 Å². The van der Waals surface area contributed by atoms with Crippen LogP contribution in [0.15, 0.2) is 17.0 Å². The van der Waals surface area contributed by atoms with E-state index in [0.29, 0.717) is 23.7 Å². The molecular formula is C15H24N2O3S. The molecule has 0 saturated carbocycles. The zero-order valence-corrected chi connectivity index (χ0v) is 13.7. The summed E-state index contributed by atoms with van der Waals surface area (Å²) in [7, 11) is -1.89. The first-order chi connectivity index (χ1) is 9.82. The maximum atomic E-state index is 12.8. The highest BCUT2D eigenvalue weighted by Gasteiger charge is 2.27. The predicted molar refractivity (Wildman–Crippen MR) is 83.7 cm³/mol. The third kappa shape index (κ3) is 3.56. The fourth-order valence-electron chi connectivity index (χ4n) is 2.70. The minimum atomic E-state index is -3.52. The molecule has 1 fully saturated rings. The zero-order chi connectivity index (χ0) is 15.6. The number of anilines is 1. The third-order valence-electron chi connectivity index (χ3n) is 4.10. The van der Waals surface area contributed by atoms with Crippen LogP contribution in [0.1, 0.15) is 24.0 Å². The van der Waals surface area contributed by atoms with Gasteiger partial charge in [-0.05, 0) is 55.9 Å². The average Bonchev–Trinajstić information content (AvgIpc) is 2.43. The molecule has 118 valence electrons. The molecule has 1 aromatic rings. The second kappa shape index (κ2) is 6.34. The van der Waals surface area contributed by atoms with E-state index in [1.807, 2.05) is 13.8 Å². The molecule has 1 aromatic carbocycles. The van der Waals surface area contributed by atoms with Crippen LogP contribution in [0.3, 0.4) is 0 Å². The Morgan fingerprint density at radius 2 is 2.10 bits per heavy atom. The Labute approximate surface area is 127 Å². The van der Waals surface area contributed by atoms with Gasteiger partial charge < -0.3 is 10.5 Å². The molecule has 2 rings (SSSR count). The van der Waals surface area contributed by atoms with Crippen molar-refractivity contribution in [1.82, 2.24) is 4.31 Å². The van der Waals surface area contributed by atoms with Gasteiger partial charge in [-0.1, -0.05) is 0 Å². The lowest BCUT2D eigenvalue weighted by molar-refractivity contribution is 0.0495. The summed E-state index contributed by atoms with van der Waals surface area (Å²) in [6, 6.07) is 3.34. The number of nitrogens with two attached hydrogens (primary N) is 1. The van der Waals surface area contributed by atoms with Crippen LogP contribution in [0.4, 0.5) is 5.69 Å². The predicted octanol–water partition coefficient (Wildman–Crippen LogP) is 1.93. The smallest absolute Gasteiger partial charge is 0.243 e. The van der Waals surface area contributed by atoms with E-state index in [4.69, 9.17) is 10.5 Å². The Hall–Kier alpha value is -1.11. The van der Waals surface area contributed by atoms with Crippen LogP contribution in [0.5, 0.6) is 0 Å². The molecule has 1 aliphatic rings. The summed E-state index contributed by atoms with van der Waals surface area (Å²) in [6.45, 7) is 5.59. The van der Waals surface area contributed by atoms with Crippen LogP contribution < -0.4 is 5.73 Å². The molecule has 0 aliphatic carbocycles. The molecule has 0 spiro atoms. The fourth-order valence-corrected chi connectivity index (χ4v) is 4.28. The molecule has 1 aliphatic heterocycles. The van der Waals surface area contributed by atoms with Crippen molar-refractivity contribution in [2.75, 3.05) is 32.5 Å². The van der Waals surface area contributed by atoms with Crippen LogP contribution in [0.2, 0.25) is 0 Å². The molecule has 6 heteroatoms. The summed E-state index contributed by atoms with van der Waals surface area (Å²) in [5, 5.41) is 0. The zero-order valence-electron chi connectivity index (χ0n) is 12.9. The number of sulfonamides is 1. The SMILES string of the molecule is Cc1cc(N)cc(S(=O)(=O)N(C)CC2CCCOC2)c1C. The van der Waals surface area contributed by atoms with E-state index < -0.39 is 10.0 Å². The maximum Gasteiger partial charge on any atom is 0.243 e. The van der Waals surface area contributed by atoms with Gasteiger partial charge in [0.1, 0.15) is 0 Å². The number of aryl methyl sites for hydroxylation is 1. The molecule has 1 heterocycles. The lowest BCUT2D eigenvalue weighted by Crippen LogP contribution is -2.35. The number of rotatable bonds is 4. The highest BCUT2D eigenvalue weighted by Crippen LogP contribution is 2.26. The lowest BCUT2D eigenvalue weighted by Gasteiger charge is -2.27. The normalized spacial score (nSPS) is 19.9. The molecule has 1 unspecified atom stereocenters. The van der Waals surface area contributed by atoms with E-state index in [9.17, 15) is 8.42 Å². The summed E-state index contributed by atoms with van der Waals surface area (Å²) in [5.74, 6) is 0.265. The summed E-state index contributed by atoms with van der Waals surface area (Å²) in [6.07, 6.45) is 2.00. The van der Waals surface area contributed by atoms with Gasteiger partial charge in [-0.3, -0.25) is 0 Å². The van der Waals surface area contributed by atoms with Crippen LogP contribution in [-0.2, 0) is 14.8 Å². The summed E-state index contributed by atoms with van der Waals surface area (Å²) in [4.78, 5) is 0.305. The second-order valence-electron chi connectivity index (χ2n) is 5.83. The topological polar surface area (TPSA) is 72.6 Å². The van der Waals surface area contributed by atoms with E-state index in [1.165, 1.54) is 4.31 Å². The van der Waals surface area contributed by atoms with E-state index in [-0.39, 0.29) is 5.92 Å². The van der Waals surface area contributed by atoms with E-state index >= 15 is 0 Å². The van der Waals surface area contributed by atoms with Crippen LogP contribution in [0, 0.1) is 19.8 Å². The number of ether oxygens (including phenoxy) is 1. The molecule has 1 atom stereocenters. The summed E-state index contributed by atoms with van der Waals surface area (Å²) >= 11 is 0. The van der Waals surface area contributed by atoms with E-state index in [1.54, 1.807) is 19.2 Å². The van der Waals surface area contributed by atoms with E-state index in [2.05, 4.69) is 0 Å². The molecule has 2 N–H and O–H groups in total. The standard InChI is InChI=1S/C15H24N2O3S/c1-11-7-14(16)8-15(12(11)2)21(18,19)17(3)9-13-5-4-6-20-10-13/h7-8,13H,4-6,9-10,16H2,1-3H3. The Balaban J connectivity index is 2.24. The highest BCUT2D eigenvalue weighted by atomic mass is 32.2. The number of hydrogen-bond acceptors (Lipinski definition) is 4. The summed E-state index contributed by atoms with van der Waals surface area (Å²) < 4.78 is 32.4. The summed E-state index contributed by atoms with van der Waals surface area (Å²) in [5.41, 5.74) is 7.94. The minimum absolute atomic E-state index is 0.265. The van der Waals surface area contributed by atoms with Gasteiger partial charge in [0.25, 0.3) is 0 Å². The van der Waals surface area contributed by atoms with Crippen molar-refractivity contribution < 1.29 is 13.2 Å². The van der Waals surface area contributed by atoms with Crippen molar-refractivity contribution in [1.29, 1.82) is 0 Å². The Morgan fingerprint density at radius 3 is 2.71 bits per heavy atom. The third-order valence-corrected chi connectivity index (χ3v) is 6.05. The first kappa shape index (κ1) is 16.3. The van der Waals surface area contributed by atoms with Gasteiger partial charge in [0.05, 0.1) is 11.5 Å². The van der Waals surface area contributed by atoms with Gasteiger partial charge in [0, 0.05) is 25.9 Å². The molecular weight excluding hydrogens is 288 g/mol. The molecule has 0 radical (unpaired) electrons. The minimum Gasteiger partial charge on any atom is -0.399 e. The van der Waals surface area contributed by atoms with Crippen molar-refractivity contribution in [2.24, 2.45) is 5.92 Å². The second-order valence-corrected chi connectivity index (χ2v) is 7.84. The van der Waals surface area contributed by atoms with Crippen LogP contribution in [-0.4, -0.2) is 39.5 Å². The molecule has 0 bridgehead atoms. The fraction of sp³-hybridized carbons (Fsp3) is 0.600. The molecule has 0 aromatic heterocycles. The first-order valence-corrected chi connectivity index (χ1v) is 8.67. The number of benzene rings is 1. The van der Waals surface area contributed by atoms with E-state index in [0.717, 1.165) is 30.6 Å². The van der Waals surface area contributed by atoms with Gasteiger partial charge in [-0.25, -0.2) is 12.7 Å². The lowest BCUT2D eigenvalue weighted by atomic mass is 10.0. The number of nitrogens with zero attached hydrogens (tertiary/aromatic N) is 1. The van der Waals surface area contributed by atoms with Crippen molar-refractivity contribution in [3.05, 3.63) is 23.3 Å². The highest BCUT2D eigenvalue weighted by molar-refractivity contribution is 7.89. The van der Waals surface area contributed by atoms with Gasteiger partial charge in [0.15, 0.2) is 0 Å². The number of nitrogen functional groups attached to an aromatic ring is 1. The van der Waals surface area contributed by atoms with Crippen molar-refractivity contribution in [2.45, 2.75) is 31.6 Å². The van der Waals surface area contributed by atoms with Crippen molar-refractivity contribution >= 4 is 15.7 Å². The molecule has 0 amide bonds.